The van der Waals surface area contributed by atoms with Crippen molar-refractivity contribution in [1.29, 1.82) is 5.26 Å². The normalized spacial score (nSPS) is 17.9. The average molecular weight is 263 g/mol. The molecule has 0 saturated carbocycles. The number of anilines is 2. The molecule has 0 aromatic heterocycles. The highest BCUT2D eigenvalue weighted by Gasteiger charge is 2.24. The first-order valence-electron chi connectivity index (χ1n) is 6.87. The number of benzene rings is 2. The third-order valence-electron chi connectivity index (χ3n) is 3.98. The summed E-state index contributed by atoms with van der Waals surface area (Å²) in [7, 11) is 0. The van der Waals surface area contributed by atoms with Crippen molar-refractivity contribution < 1.29 is 0 Å². The molecule has 1 saturated heterocycles. The molecule has 1 fully saturated rings. The van der Waals surface area contributed by atoms with E-state index in [1.54, 1.807) is 6.07 Å². The zero-order chi connectivity index (χ0) is 13.9. The van der Waals surface area contributed by atoms with Crippen molar-refractivity contribution in [2.75, 3.05) is 23.7 Å². The van der Waals surface area contributed by atoms with Gasteiger partial charge in [0.1, 0.15) is 6.07 Å². The zero-order valence-corrected chi connectivity index (χ0v) is 11.3. The summed E-state index contributed by atoms with van der Waals surface area (Å²) < 4.78 is 0. The fourth-order valence-electron chi connectivity index (χ4n) is 2.84. The topological polar surface area (TPSA) is 53.0 Å². The van der Waals surface area contributed by atoms with Gasteiger partial charge in [0.05, 0.1) is 11.3 Å². The Bertz CT molecular complexity index is 643. The number of nitrogen functional groups attached to an aromatic ring is 1. The first-order chi connectivity index (χ1) is 9.78. The van der Waals surface area contributed by atoms with Crippen molar-refractivity contribution in [2.45, 2.75) is 12.3 Å². The van der Waals surface area contributed by atoms with Gasteiger partial charge < -0.3 is 10.6 Å². The molecule has 0 bridgehead atoms. The van der Waals surface area contributed by atoms with Crippen molar-refractivity contribution >= 4 is 11.4 Å². The van der Waals surface area contributed by atoms with E-state index in [-0.39, 0.29) is 0 Å². The Morgan fingerprint density at radius 1 is 1.15 bits per heavy atom. The minimum absolute atomic E-state index is 0.549. The molecule has 3 nitrogen and oxygen atoms in total. The second kappa shape index (κ2) is 5.26. The Labute approximate surface area is 119 Å². The largest absolute Gasteiger partial charge is 0.398 e. The van der Waals surface area contributed by atoms with Gasteiger partial charge in [-0.3, -0.25) is 0 Å². The molecule has 2 aromatic rings. The monoisotopic (exact) mass is 263 g/mol. The first-order valence-corrected chi connectivity index (χ1v) is 6.87. The third-order valence-corrected chi connectivity index (χ3v) is 3.98. The van der Waals surface area contributed by atoms with Crippen molar-refractivity contribution in [3.05, 3.63) is 59.7 Å². The summed E-state index contributed by atoms with van der Waals surface area (Å²) in [4.78, 5) is 2.34. The van der Waals surface area contributed by atoms with E-state index < -0.39 is 0 Å². The number of nitrogens with zero attached hydrogens (tertiary/aromatic N) is 2. The van der Waals surface area contributed by atoms with E-state index in [0.717, 1.165) is 25.2 Å². The zero-order valence-electron chi connectivity index (χ0n) is 11.3. The number of hydrogen-bond donors (Lipinski definition) is 1. The maximum Gasteiger partial charge on any atom is 0.101 e. The van der Waals surface area contributed by atoms with Gasteiger partial charge in [-0.15, -0.1) is 0 Å². The molecule has 1 aliphatic heterocycles. The minimum Gasteiger partial charge on any atom is -0.398 e. The van der Waals surface area contributed by atoms with E-state index in [2.05, 4.69) is 41.3 Å². The lowest BCUT2D eigenvalue weighted by Crippen LogP contribution is -2.19. The van der Waals surface area contributed by atoms with Gasteiger partial charge >= 0.3 is 0 Å². The maximum atomic E-state index is 8.92. The smallest absolute Gasteiger partial charge is 0.101 e. The molecule has 3 heteroatoms. The van der Waals surface area contributed by atoms with E-state index in [9.17, 15) is 0 Å². The number of rotatable bonds is 2. The van der Waals surface area contributed by atoms with Crippen molar-refractivity contribution in [2.24, 2.45) is 0 Å². The van der Waals surface area contributed by atoms with Crippen LogP contribution in [0.4, 0.5) is 11.4 Å². The van der Waals surface area contributed by atoms with Gasteiger partial charge in [-0.2, -0.15) is 5.26 Å². The van der Waals surface area contributed by atoms with Crippen LogP contribution in [0.25, 0.3) is 0 Å². The Morgan fingerprint density at radius 2 is 1.95 bits per heavy atom. The summed E-state index contributed by atoms with van der Waals surface area (Å²) in [6.07, 6.45) is 1.16. The molecule has 0 radical (unpaired) electrons. The molecular formula is C17H17N3. The molecule has 0 aliphatic carbocycles. The van der Waals surface area contributed by atoms with Gasteiger partial charge in [0.2, 0.25) is 0 Å². The Balaban J connectivity index is 1.78. The van der Waals surface area contributed by atoms with E-state index in [4.69, 9.17) is 11.0 Å². The molecule has 1 atom stereocenters. The second-order valence-electron chi connectivity index (χ2n) is 5.23. The molecule has 0 amide bonds. The SMILES string of the molecule is N#Cc1ccc(N2CCC(c3ccccc3)C2)cc1N. The molecule has 1 aliphatic rings. The van der Waals surface area contributed by atoms with Crippen LogP contribution in [0.2, 0.25) is 0 Å². The van der Waals surface area contributed by atoms with Crippen LogP contribution in [0.1, 0.15) is 23.5 Å². The van der Waals surface area contributed by atoms with Crippen molar-refractivity contribution in [1.82, 2.24) is 0 Å². The highest BCUT2D eigenvalue weighted by molar-refractivity contribution is 5.64. The van der Waals surface area contributed by atoms with Crippen molar-refractivity contribution in [3.63, 3.8) is 0 Å². The highest BCUT2D eigenvalue weighted by Crippen LogP contribution is 2.31. The highest BCUT2D eigenvalue weighted by atomic mass is 15.1. The molecule has 0 spiro atoms. The summed E-state index contributed by atoms with van der Waals surface area (Å²) in [5, 5.41) is 8.92. The Morgan fingerprint density at radius 3 is 2.65 bits per heavy atom. The molecular weight excluding hydrogens is 246 g/mol. The molecule has 3 rings (SSSR count). The summed E-state index contributed by atoms with van der Waals surface area (Å²) in [6, 6.07) is 18.4. The molecule has 1 heterocycles. The van der Waals surface area contributed by atoms with Gasteiger partial charge in [-0.05, 0) is 30.2 Å². The second-order valence-corrected chi connectivity index (χ2v) is 5.23. The number of nitriles is 1. The van der Waals surface area contributed by atoms with Crippen LogP contribution in [-0.2, 0) is 0 Å². The van der Waals surface area contributed by atoms with Crippen LogP contribution >= 0.6 is 0 Å². The quantitative estimate of drug-likeness (QED) is 0.847. The predicted molar refractivity (Wildman–Crippen MR) is 81.6 cm³/mol. The van der Waals surface area contributed by atoms with Gasteiger partial charge in [-0.25, -0.2) is 0 Å². The van der Waals surface area contributed by atoms with Gasteiger partial charge in [0.15, 0.2) is 0 Å². The Kier molecular flexibility index (Phi) is 3.30. The van der Waals surface area contributed by atoms with Crippen LogP contribution in [0, 0.1) is 11.3 Å². The average Bonchev–Trinajstić information content (AvgIpc) is 2.98. The minimum atomic E-state index is 0.549. The lowest BCUT2D eigenvalue weighted by Gasteiger charge is -2.19. The molecule has 100 valence electrons. The Hall–Kier alpha value is -2.47. The van der Waals surface area contributed by atoms with Gasteiger partial charge in [0.25, 0.3) is 0 Å². The van der Waals surface area contributed by atoms with E-state index >= 15 is 0 Å². The lowest BCUT2D eigenvalue weighted by molar-refractivity contribution is 0.775. The van der Waals surface area contributed by atoms with Crippen LogP contribution in [0.5, 0.6) is 0 Å². The van der Waals surface area contributed by atoms with Crippen LogP contribution in [0.3, 0.4) is 0 Å². The first kappa shape index (κ1) is 12.6. The molecule has 2 N–H and O–H groups in total. The fourth-order valence-corrected chi connectivity index (χ4v) is 2.84. The predicted octanol–water partition coefficient (Wildman–Crippen LogP) is 3.13. The summed E-state index contributed by atoms with van der Waals surface area (Å²) in [5.74, 6) is 0.577. The summed E-state index contributed by atoms with van der Waals surface area (Å²) in [6.45, 7) is 2.04. The van der Waals surface area contributed by atoms with Crippen LogP contribution in [-0.4, -0.2) is 13.1 Å². The third kappa shape index (κ3) is 2.33. The fraction of sp³-hybridized carbons (Fsp3) is 0.235. The van der Waals surface area contributed by atoms with Crippen molar-refractivity contribution in [3.8, 4) is 6.07 Å². The summed E-state index contributed by atoms with van der Waals surface area (Å²) >= 11 is 0. The van der Waals surface area contributed by atoms with Crippen LogP contribution in [0.15, 0.2) is 48.5 Å². The van der Waals surface area contributed by atoms with Crippen LogP contribution < -0.4 is 10.6 Å². The van der Waals surface area contributed by atoms with Gasteiger partial charge in [-0.1, -0.05) is 30.3 Å². The molecule has 20 heavy (non-hydrogen) atoms. The summed E-state index contributed by atoms with van der Waals surface area (Å²) in [5.41, 5.74) is 9.52. The van der Waals surface area contributed by atoms with Gasteiger partial charge in [0, 0.05) is 24.7 Å². The van der Waals surface area contributed by atoms with E-state index in [1.165, 1.54) is 5.56 Å². The molecule has 1 unspecified atom stereocenters. The lowest BCUT2D eigenvalue weighted by atomic mass is 9.99. The number of hydrogen-bond acceptors (Lipinski definition) is 3. The standard InChI is InChI=1S/C17H17N3/c18-11-14-6-7-16(10-17(14)19)20-9-8-15(12-20)13-4-2-1-3-5-13/h1-7,10,15H,8-9,12,19H2. The van der Waals surface area contributed by atoms with E-state index in [0.29, 0.717) is 17.2 Å². The number of nitrogens with two attached hydrogens (primary N) is 1. The maximum absolute atomic E-state index is 8.92. The van der Waals surface area contributed by atoms with E-state index in [1.807, 2.05) is 12.1 Å². The molecule has 2 aromatic carbocycles.